The van der Waals surface area contributed by atoms with Gasteiger partial charge in [0.15, 0.2) is 0 Å². The van der Waals surface area contributed by atoms with E-state index in [-0.39, 0.29) is 17.6 Å². The highest BCUT2D eigenvalue weighted by Crippen LogP contribution is 2.17. The van der Waals surface area contributed by atoms with Crippen LogP contribution in [0, 0.1) is 5.92 Å². The Morgan fingerprint density at radius 3 is 2.41 bits per heavy atom. The van der Waals surface area contributed by atoms with Crippen molar-refractivity contribution < 1.29 is 17.9 Å². The van der Waals surface area contributed by atoms with Crippen LogP contribution in [0.3, 0.4) is 0 Å². The summed E-state index contributed by atoms with van der Waals surface area (Å²) >= 11 is 0. The molecule has 0 aliphatic carbocycles. The molecule has 2 rings (SSSR count). The highest BCUT2D eigenvalue weighted by molar-refractivity contribution is 7.89. The van der Waals surface area contributed by atoms with E-state index in [2.05, 4.69) is 5.32 Å². The van der Waals surface area contributed by atoms with Gasteiger partial charge in [-0.3, -0.25) is 4.79 Å². The van der Waals surface area contributed by atoms with Crippen LogP contribution in [-0.4, -0.2) is 82.3 Å². The quantitative estimate of drug-likeness (QED) is 0.663. The molecule has 0 aromatic heterocycles. The maximum Gasteiger partial charge on any atom is 0.225 e. The van der Waals surface area contributed by atoms with E-state index in [0.29, 0.717) is 39.2 Å². The van der Waals surface area contributed by atoms with Crippen LogP contribution in [0.1, 0.15) is 19.3 Å². The minimum atomic E-state index is -3.22. The molecule has 0 atom stereocenters. The topological polar surface area (TPSA) is 79.0 Å². The molecule has 22 heavy (non-hydrogen) atoms. The van der Waals surface area contributed by atoms with E-state index in [9.17, 15) is 13.2 Å². The van der Waals surface area contributed by atoms with Crippen LogP contribution in [0.25, 0.3) is 0 Å². The molecule has 0 aromatic carbocycles. The van der Waals surface area contributed by atoms with Gasteiger partial charge in [-0.1, -0.05) is 0 Å². The first-order valence-electron chi connectivity index (χ1n) is 8.01. The van der Waals surface area contributed by atoms with Crippen molar-refractivity contribution in [1.29, 1.82) is 0 Å². The molecule has 128 valence electrons. The molecular weight excluding hydrogens is 306 g/mol. The fourth-order valence-corrected chi connectivity index (χ4v) is 4.49. The van der Waals surface area contributed by atoms with E-state index in [1.807, 2.05) is 4.90 Å². The number of hydrogen-bond acceptors (Lipinski definition) is 5. The van der Waals surface area contributed by atoms with E-state index in [0.717, 1.165) is 25.9 Å². The number of rotatable bonds is 6. The molecule has 7 nitrogen and oxygen atoms in total. The molecule has 0 bridgehead atoms. The molecule has 2 fully saturated rings. The van der Waals surface area contributed by atoms with Crippen LogP contribution in [0.15, 0.2) is 0 Å². The number of methoxy groups -OCH3 is 1. The second kappa shape index (κ2) is 8.24. The third-order valence-electron chi connectivity index (χ3n) is 4.38. The molecular formula is C14H27N3O4S. The van der Waals surface area contributed by atoms with E-state index in [1.54, 1.807) is 7.11 Å². The molecule has 0 saturated carbocycles. The van der Waals surface area contributed by atoms with Gasteiger partial charge in [0, 0.05) is 45.8 Å². The van der Waals surface area contributed by atoms with Gasteiger partial charge in [-0.05, 0) is 32.4 Å². The zero-order valence-corrected chi connectivity index (χ0v) is 14.1. The van der Waals surface area contributed by atoms with Crippen LogP contribution in [0.5, 0.6) is 0 Å². The SMILES string of the molecule is COCCCS(=O)(=O)N1CCN(C(=O)C2CCNCC2)CC1. The maximum atomic E-state index is 12.4. The Hall–Kier alpha value is -0.700. The molecule has 1 amide bonds. The third kappa shape index (κ3) is 4.65. The van der Waals surface area contributed by atoms with Gasteiger partial charge in [-0.15, -0.1) is 0 Å². The lowest BCUT2D eigenvalue weighted by atomic mass is 9.96. The van der Waals surface area contributed by atoms with Crippen molar-refractivity contribution in [1.82, 2.24) is 14.5 Å². The summed E-state index contributed by atoms with van der Waals surface area (Å²) in [6.45, 7) is 4.07. The predicted molar refractivity (Wildman–Crippen MR) is 84.0 cm³/mol. The lowest BCUT2D eigenvalue weighted by Gasteiger charge is -2.36. The monoisotopic (exact) mass is 333 g/mol. The predicted octanol–water partition coefficient (Wildman–Crippen LogP) is -0.503. The summed E-state index contributed by atoms with van der Waals surface area (Å²) in [4.78, 5) is 14.3. The second-order valence-electron chi connectivity index (χ2n) is 5.91. The second-order valence-corrected chi connectivity index (χ2v) is 8.00. The van der Waals surface area contributed by atoms with Crippen molar-refractivity contribution >= 4 is 15.9 Å². The molecule has 1 N–H and O–H groups in total. The third-order valence-corrected chi connectivity index (χ3v) is 6.34. The molecule has 2 aliphatic heterocycles. The Labute approximate surface area is 133 Å². The van der Waals surface area contributed by atoms with Gasteiger partial charge in [0.25, 0.3) is 0 Å². The van der Waals surface area contributed by atoms with Crippen LogP contribution in [-0.2, 0) is 19.6 Å². The molecule has 2 saturated heterocycles. The lowest BCUT2D eigenvalue weighted by molar-refractivity contribution is -0.137. The van der Waals surface area contributed by atoms with Gasteiger partial charge in [0.05, 0.1) is 5.75 Å². The minimum absolute atomic E-state index is 0.103. The number of nitrogens with one attached hydrogen (secondary N) is 1. The Kier molecular flexibility index (Phi) is 6.61. The van der Waals surface area contributed by atoms with Crippen molar-refractivity contribution in [3.63, 3.8) is 0 Å². The van der Waals surface area contributed by atoms with E-state index in [4.69, 9.17) is 4.74 Å². The zero-order chi connectivity index (χ0) is 16.0. The lowest BCUT2D eigenvalue weighted by Crippen LogP contribution is -2.53. The summed E-state index contributed by atoms with van der Waals surface area (Å²) in [5.74, 6) is 0.410. The summed E-state index contributed by atoms with van der Waals surface area (Å²) < 4.78 is 30.8. The van der Waals surface area contributed by atoms with Crippen LogP contribution >= 0.6 is 0 Å². The summed E-state index contributed by atoms with van der Waals surface area (Å²) in [5, 5.41) is 3.26. The summed E-state index contributed by atoms with van der Waals surface area (Å²) in [7, 11) is -1.66. The average molecular weight is 333 g/mol. The number of ether oxygens (including phenoxy) is 1. The first-order valence-corrected chi connectivity index (χ1v) is 9.62. The molecule has 8 heteroatoms. The van der Waals surface area contributed by atoms with Crippen LogP contribution in [0.4, 0.5) is 0 Å². The van der Waals surface area contributed by atoms with Crippen molar-refractivity contribution in [2.45, 2.75) is 19.3 Å². The summed E-state index contributed by atoms with van der Waals surface area (Å²) in [6, 6.07) is 0. The Bertz CT molecular complexity index is 455. The average Bonchev–Trinajstić information content (AvgIpc) is 2.55. The summed E-state index contributed by atoms with van der Waals surface area (Å²) in [6.07, 6.45) is 2.27. The Morgan fingerprint density at radius 1 is 1.18 bits per heavy atom. The highest BCUT2D eigenvalue weighted by atomic mass is 32.2. The zero-order valence-electron chi connectivity index (χ0n) is 13.3. The van der Waals surface area contributed by atoms with Gasteiger partial charge in [-0.25, -0.2) is 8.42 Å². The van der Waals surface area contributed by atoms with Gasteiger partial charge < -0.3 is 15.0 Å². The maximum absolute atomic E-state index is 12.4. The largest absolute Gasteiger partial charge is 0.385 e. The first kappa shape index (κ1) is 17.7. The molecule has 2 heterocycles. The van der Waals surface area contributed by atoms with E-state index in [1.165, 1.54) is 4.31 Å². The minimum Gasteiger partial charge on any atom is -0.385 e. The molecule has 2 aliphatic rings. The molecule has 0 aromatic rings. The number of nitrogens with zero attached hydrogens (tertiary/aromatic N) is 2. The fourth-order valence-electron chi connectivity index (χ4n) is 3.03. The number of piperazine rings is 1. The Morgan fingerprint density at radius 2 is 1.82 bits per heavy atom. The Balaban J connectivity index is 1.80. The standard InChI is InChI=1S/C14H27N3O4S/c1-21-11-2-12-22(19,20)17-9-7-16(8-10-17)14(18)13-3-5-15-6-4-13/h13,15H,2-12H2,1H3. The smallest absolute Gasteiger partial charge is 0.225 e. The number of carbonyl (C=O) groups excluding carboxylic acids is 1. The van der Waals surface area contributed by atoms with Gasteiger partial charge in [-0.2, -0.15) is 4.31 Å². The number of piperidine rings is 1. The van der Waals surface area contributed by atoms with E-state index < -0.39 is 10.0 Å². The van der Waals surface area contributed by atoms with Crippen molar-refractivity contribution in [2.75, 3.05) is 58.7 Å². The van der Waals surface area contributed by atoms with E-state index >= 15 is 0 Å². The number of hydrogen-bond donors (Lipinski definition) is 1. The van der Waals surface area contributed by atoms with Gasteiger partial charge in [0.2, 0.25) is 15.9 Å². The number of sulfonamides is 1. The molecule has 0 radical (unpaired) electrons. The highest BCUT2D eigenvalue weighted by Gasteiger charge is 2.31. The normalized spacial score (nSPS) is 22.0. The number of carbonyl (C=O) groups is 1. The molecule has 0 unspecified atom stereocenters. The van der Waals surface area contributed by atoms with Crippen molar-refractivity contribution in [3.8, 4) is 0 Å². The van der Waals surface area contributed by atoms with Gasteiger partial charge in [0.1, 0.15) is 0 Å². The molecule has 0 spiro atoms. The van der Waals surface area contributed by atoms with Crippen LogP contribution < -0.4 is 5.32 Å². The van der Waals surface area contributed by atoms with Crippen LogP contribution in [0.2, 0.25) is 0 Å². The van der Waals surface area contributed by atoms with Crippen molar-refractivity contribution in [3.05, 3.63) is 0 Å². The summed E-state index contributed by atoms with van der Waals surface area (Å²) in [5.41, 5.74) is 0. The fraction of sp³-hybridized carbons (Fsp3) is 0.929. The van der Waals surface area contributed by atoms with Crippen molar-refractivity contribution in [2.24, 2.45) is 5.92 Å². The van der Waals surface area contributed by atoms with Gasteiger partial charge >= 0.3 is 0 Å². The first-order chi connectivity index (χ1) is 10.5. The number of amides is 1.